The van der Waals surface area contributed by atoms with Crippen LogP contribution in [0.5, 0.6) is 0 Å². The van der Waals surface area contributed by atoms with Crippen molar-refractivity contribution in [1.82, 2.24) is 9.55 Å². The molecule has 0 spiro atoms. The molecule has 0 saturated carbocycles. The first-order valence-corrected chi connectivity index (χ1v) is 9.07. The zero-order valence-electron chi connectivity index (χ0n) is 14.5. The number of para-hydroxylation sites is 2. The maximum atomic E-state index is 12.1. The van der Waals surface area contributed by atoms with E-state index < -0.39 is 5.76 Å². The van der Waals surface area contributed by atoms with Crippen LogP contribution in [0, 0.1) is 0 Å². The van der Waals surface area contributed by atoms with E-state index in [-0.39, 0.29) is 11.3 Å². The standard InChI is InChI=1S/C18H21N3O3S/c1-18(2,3)14-11-25-16(19-14)20-15(22)9-6-10-21-12-7-4-5-8-13(12)24-17(21)23/h4-5,7-8,11H,6,9-10H2,1-3H3,(H,19,20,22). The largest absolute Gasteiger partial charge is 0.419 e. The Morgan fingerprint density at radius 2 is 2.08 bits per heavy atom. The Hall–Kier alpha value is -2.41. The molecular weight excluding hydrogens is 338 g/mol. The van der Waals surface area contributed by atoms with Gasteiger partial charge in [0.15, 0.2) is 10.7 Å². The normalized spacial score (nSPS) is 11.8. The Bertz CT molecular complexity index is 946. The molecule has 0 aliphatic rings. The molecule has 0 unspecified atom stereocenters. The van der Waals surface area contributed by atoms with Crippen LogP contribution < -0.4 is 11.1 Å². The number of rotatable bonds is 5. The lowest BCUT2D eigenvalue weighted by Gasteiger charge is -2.14. The molecule has 1 amide bonds. The van der Waals surface area contributed by atoms with Gasteiger partial charge < -0.3 is 9.73 Å². The first-order valence-electron chi connectivity index (χ1n) is 8.19. The number of aryl methyl sites for hydroxylation is 1. The SMILES string of the molecule is CC(C)(C)c1csc(NC(=O)CCCn2c(=O)oc3ccccc32)n1. The molecule has 0 aliphatic heterocycles. The van der Waals surface area contributed by atoms with Gasteiger partial charge >= 0.3 is 5.76 Å². The van der Waals surface area contributed by atoms with Gasteiger partial charge in [-0.05, 0) is 18.6 Å². The van der Waals surface area contributed by atoms with Crippen molar-refractivity contribution in [2.75, 3.05) is 5.32 Å². The molecule has 0 saturated heterocycles. The van der Waals surface area contributed by atoms with E-state index in [4.69, 9.17) is 4.42 Å². The third-order valence-electron chi connectivity index (χ3n) is 3.88. The molecule has 6 nitrogen and oxygen atoms in total. The number of benzene rings is 1. The van der Waals surface area contributed by atoms with E-state index in [2.05, 4.69) is 31.1 Å². The number of nitrogens with one attached hydrogen (secondary N) is 1. The molecule has 25 heavy (non-hydrogen) atoms. The van der Waals surface area contributed by atoms with Gasteiger partial charge in [0, 0.05) is 23.8 Å². The van der Waals surface area contributed by atoms with Gasteiger partial charge in [-0.3, -0.25) is 9.36 Å². The van der Waals surface area contributed by atoms with Crippen LogP contribution in [0.2, 0.25) is 0 Å². The molecule has 0 radical (unpaired) electrons. The minimum absolute atomic E-state index is 0.0387. The summed E-state index contributed by atoms with van der Waals surface area (Å²) in [6, 6.07) is 7.28. The molecule has 0 atom stereocenters. The average Bonchev–Trinajstić information content (AvgIpc) is 3.12. The molecule has 2 heterocycles. The van der Waals surface area contributed by atoms with Crippen molar-refractivity contribution in [2.24, 2.45) is 0 Å². The fourth-order valence-electron chi connectivity index (χ4n) is 2.48. The highest BCUT2D eigenvalue weighted by Gasteiger charge is 2.18. The summed E-state index contributed by atoms with van der Waals surface area (Å²) in [5, 5.41) is 5.40. The predicted molar refractivity (Wildman–Crippen MR) is 99.2 cm³/mol. The van der Waals surface area contributed by atoms with Crippen molar-refractivity contribution < 1.29 is 9.21 Å². The molecule has 132 valence electrons. The number of aromatic nitrogens is 2. The fraction of sp³-hybridized carbons (Fsp3) is 0.389. The molecule has 2 aromatic heterocycles. The van der Waals surface area contributed by atoms with Crippen LogP contribution in [0.4, 0.5) is 5.13 Å². The first-order chi connectivity index (χ1) is 11.8. The lowest BCUT2D eigenvalue weighted by molar-refractivity contribution is -0.116. The second kappa shape index (κ2) is 6.84. The summed E-state index contributed by atoms with van der Waals surface area (Å²) in [7, 11) is 0. The molecule has 7 heteroatoms. The average molecular weight is 359 g/mol. The molecule has 0 aliphatic carbocycles. The van der Waals surface area contributed by atoms with Crippen molar-refractivity contribution in [1.29, 1.82) is 0 Å². The number of amides is 1. The summed E-state index contributed by atoms with van der Waals surface area (Å²) < 4.78 is 6.74. The van der Waals surface area contributed by atoms with Crippen LogP contribution >= 0.6 is 11.3 Å². The van der Waals surface area contributed by atoms with Crippen molar-refractivity contribution in [3.8, 4) is 0 Å². The van der Waals surface area contributed by atoms with E-state index in [1.807, 2.05) is 23.6 Å². The van der Waals surface area contributed by atoms with E-state index in [9.17, 15) is 9.59 Å². The highest BCUT2D eigenvalue weighted by molar-refractivity contribution is 7.13. The highest BCUT2D eigenvalue weighted by Crippen LogP contribution is 2.26. The first kappa shape index (κ1) is 17.4. The highest BCUT2D eigenvalue weighted by atomic mass is 32.1. The Balaban J connectivity index is 1.57. The minimum Gasteiger partial charge on any atom is -0.408 e. The van der Waals surface area contributed by atoms with Gasteiger partial charge in [0.05, 0.1) is 11.2 Å². The summed E-state index contributed by atoms with van der Waals surface area (Å²) in [6.45, 7) is 6.69. The summed E-state index contributed by atoms with van der Waals surface area (Å²) in [5.74, 6) is -0.494. The van der Waals surface area contributed by atoms with E-state index in [0.717, 1.165) is 11.2 Å². The number of carbonyl (C=O) groups excluding carboxylic acids is 1. The molecule has 0 fully saturated rings. The molecule has 1 aromatic carbocycles. The smallest absolute Gasteiger partial charge is 0.408 e. The fourth-order valence-corrected chi connectivity index (χ4v) is 3.43. The van der Waals surface area contributed by atoms with Gasteiger partial charge in [-0.1, -0.05) is 32.9 Å². The van der Waals surface area contributed by atoms with Crippen molar-refractivity contribution in [3.63, 3.8) is 0 Å². The van der Waals surface area contributed by atoms with Gasteiger partial charge in [0.2, 0.25) is 5.91 Å². The number of hydrogen-bond acceptors (Lipinski definition) is 5. The maximum Gasteiger partial charge on any atom is 0.419 e. The van der Waals surface area contributed by atoms with Gasteiger partial charge in [-0.2, -0.15) is 0 Å². The van der Waals surface area contributed by atoms with Crippen LogP contribution in [-0.4, -0.2) is 15.5 Å². The van der Waals surface area contributed by atoms with E-state index in [0.29, 0.717) is 30.1 Å². The number of carbonyl (C=O) groups is 1. The van der Waals surface area contributed by atoms with Gasteiger partial charge in [-0.15, -0.1) is 11.3 Å². The summed E-state index contributed by atoms with van der Waals surface area (Å²) in [4.78, 5) is 28.4. The number of hydrogen-bond donors (Lipinski definition) is 1. The maximum absolute atomic E-state index is 12.1. The Morgan fingerprint density at radius 3 is 2.80 bits per heavy atom. The van der Waals surface area contributed by atoms with Crippen molar-refractivity contribution in [2.45, 2.75) is 45.6 Å². The topological polar surface area (TPSA) is 77.1 Å². The monoisotopic (exact) mass is 359 g/mol. The number of thiazole rings is 1. The molecule has 3 aromatic rings. The van der Waals surface area contributed by atoms with Crippen LogP contribution in [0.15, 0.2) is 38.9 Å². The lowest BCUT2D eigenvalue weighted by atomic mass is 9.93. The third kappa shape index (κ3) is 3.99. The van der Waals surface area contributed by atoms with Gasteiger partial charge in [-0.25, -0.2) is 9.78 Å². The predicted octanol–water partition coefficient (Wildman–Crippen LogP) is 3.77. The molecule has 1 N–H and O–H groups in total. The van der Waals surface area contributed by atoms with Crippen molar-refractivity contribution in [3.05, 3.63) is 45.9 Å². The van der Waals surface area contributed by atoms with E-state index >= 15 is 0 Å². The van der Waals surface area contributed by atoms with Crippen molar-refractivity contribution >= 4 is 33.5 Å². The van der Waals surface area contributed by atoms with Crippen LogP contribution in [-0.2, 0) is 16.8 Å². The van der Waals surface area contributed by atoms with Gasteiger partial charge in [0.25, 0.3) is 0 Å². The molecular formula is C18H21N3O3S. The summed E-state index contributed by atoms with van der Waals surface area (Å²) in [5.41, 5.74) is 2.24. The van der Waals surface area contributed by atoms with Crippen LogP contribution in [0.25, 0.3) is 11.1 Å². The summed E-state index contributed by atoms with van der Waals surface area (Å²) >= 11 is 1.43. The Morgan fingerprint density at radius 1 is 1.32 bits per heavy atom. The number of anilines is 1. The number of oxazole rings is 1. The second-order valence-electron chi connectivity index (χ2n) is 6.93. The van der Waals surface area contributed by atoms with E-state index in [1.165, 1.54) is 11.3 Å². The zero-order chi connectivity index (χ0) is 18.0. The number of nitrogens with zero attached hydrogens (tertiary/aromatic N) is 2. The Kier molecular flexibility index (Phi) is 4.76. The molecule has 3 rings (SSSR count). The quantitative estimate of drug-likeness (QED) is 0.752. The van der Waals surface area contributed by atoms with Gasteiger partial charge in [0.1, 0.15) is 0 Å². The summed E-state index contributed by atoms with van der Waals surface area (Å²) in [6.07, 6.45) is 0.864. The van der Waals surface area contributed by atoms with Crippen LogP contribution in [0.3, 0.4) is 0 Å². The second-order valence-corrected chi connectivity index (χ2v) is 7.79. The van der Waals surface area contributed by atoms with Crippen LogP contribution in [0.1, 0.15) is 39.3 Å². The minimum atomic E-state index is -0.392. The van der Waals surface area contributed by atoms with E-state index in [1.54, 1.807) is 10.6 Å². The third-order valence-corrected chi connectivity index (χ3v) is 4.64. The lowest BCUT2D eigenvalue weighted by Crippen LogP contribution is -2.17. The zero-order valence-corrected chi connectivity index (χ0v) is 15.4. The Labute approximate surface area is 149 Å². The molecule has 0 bridgehead atoms. The number of fused-ring (bicyclic) bond motifs is 1.